The highest BCUT2D eigenvalue weighted by molar-refractivity contribution is 6.01. The SMILES string of the molecule is COc1ccc(/C=C/C(=O)O[C@@H](C)C(=O)c2ccc(NC(=O)C(C)(C)C)cc2)cc1. The van der Waals surface area contributed by atoms with Crippen molar-refractivity contribution in [2.75, 3.05) is 12.4 Å². The molecule has 0 spiro atoms. The van der Waals surface area contributed by atoms with E-state index in [1.54, 1.807) is 61.7 Å². The number of ketones is 1. The average molecular weight is 409 g/mol. The Kier molecular flexibility index (Phi) is 7.53. The molecular formula is C24H27NO5. The summed E-state index contributed by atoms with van der Waals surface area (Å²) in [5, 5.41) is 2.80. The van der Waals surface area contributed by atoms with Gasteiger partial charge in [0.1, 0.15) is 5.75 Å². The van der Waals surface area contributed by atoms with Crippen LogP contribution in [0.4, 0.5) is 5.69 Å². The number of esters is 1. The molecule has 6 nitrogen and oxygen atoms in total. The van der Waals surface area contributed by atoms with Crippen molar-refractivity contribution in [3.8, 4) is 5.75 Å². The van der Waals surface area contributed by atoms with Gasteiger partial charge < -0.3 is 14.8 Å². The van der Waals surface area contributed by atoms with E-state index in [-0.39, 0.29) is 11.7 Å². The van der Waals surface area contributed by atoms with Crippen LogP contribution >= 0.6 is 0 Å². The van der Waals surface area contributed by atoms with Gasteiger partial charge in [0.25, 0.3) is 0 Å². The molecular weight excluding hydrogens is 382 g/mol. The third kappa shape index (κ3) is 6.58. The van der Waals surface area contributed by atoms with Gasteiger partial charge >= 0.3 is 5.97 Å². The lowest BCUT2D eigenvalue weighted by Gasteiger charge is -2.18. The molecule has 0 saturated heterocycles. The topological polar surface area (TPSA) is 81.7 Å². The minimum absolute atomic E-state index is 0.118. The zero-order valence-electron chi connectivity index (χ0n) is 17.9. The lowest BCUT2D eigenvalue weighted by molar-refractivity contribution is -0.140. The van der Waals surface area contributed by atoms with E-state index in [1.165, 1.54) is 13.0 Å². The number of ether oxygens (including phenoxy) is 2. The lowest BCUT2D eigenvalue weighted by Crippen LogP contribution is -2.27. The molecule has 0 bridgehead atoms. The number of carbonyl (C=O) groups is 3. The van der Waals surface area contributed by atoms with Gasteiger partial charge in [-0.3, -0.25) is 9.59 Å². The summed E-state index contributed by atoms with van der Waals surface area (Å²) in [7, 11) is 1.58. The van der Waals surface area contributed by atoms with Crippen molar-refractivity contribution in [1.29, 1.82) is 0 Å². The Morgan fingerprint density at radius 1 is 0.967 bits per heavy atom. The second-order valence-electron chi connectivity index (χ2n) is 7.83. The van der Waals surface area contributed by atoms with E-state index in [9.17, 15) is 14.4 Å². The summed E-state index contributed by atoms with van der Waals surface area (Å²) in [6.45, 7) is 6.98. The Hall–Kier alpha value is -3.41. The van der Waals surface area contributed by atoms with Gasteiger partial charge in [0.15, 0.2) is 6.10 Å². The van der Waals surface area contributed by atoms with E-state index in [0.717, 1.165) is 11.3 Å². The van der Waals surface area contributed by atoms with E-state index >= 15 is 0 Å². The third-order valence-electron chi connectivity index (χ3n) is 4.30. The van der Waals surface area contributed by atoms with Crippen LogP contribution in [0.3, 0.4) is 0 Å². The molecule has 0 unspecified atom stereocenters. The summed E-state index contributed by atoms with van der Waals surface area (Å²) in [6.07, 6.45) is 1.94. The average Bonchev–Trinajstić information content (AvgIpc) is 2.72. The highest BCUT2D eigenvalue weighted by Crippen LogP contribution is 2.18. The van der Waals surface area contributed by atoms with E-state index < -0.39 is 17.5 Å². The van der Waals surface area contributed by atoms with Gasteiger partial charge in [-0.15, -0.1) is 0 Å². The Morgan fingerprint density at radius 3 is 2.10 bits per heavy atom. The van der Waals surface area contributed by atoms with Crippen LogP contribution in [0.1, 0.15) is 43.6 Å². The minimum atomic E-state index is -0.937. The van der Waals surface area contributed by atoms with Crippen LogP contribution in [-0.2, 0) is 14.3 Å². The number of carbonyl (C=O) groups excluding carboxylic acids is 3. The Balaban J connectivity index is 1.93. The van der Waals surface area contributed by atoms with Crippen molar-refractivity contribution in [2.45, 2.75) is 33.8 Å². The fourth-order valence-electron chi connectivity index (χ4n) is 2.42. The molecule has 0 heterocycles. The number of Topliss-reactive ketones (excluding diaryl/α,β-unsaturated/α-hetero) is 1. The summed E-state index contributed by atoms with van der Waals surface area (Å²) in [5.41, 5.74) is 1.28. The molecule has 2 aromatic rings. The minimum Gasteiger partial charge on any atom is -0.497 e. The van der Waals surface area contributed by atoms with Crippen molar-refractivity contribution in [1.82, 2.24) is 0 Å². The molecule has 0 aromatic heterocycles. The monoisotopic (exact) mass is 409 g/mol. The maximum atomic E-state index is 12.5. The molecule has 158 valence electrons. The first-order valence-corrected chi connectivity index (χ1v) is 9.58. The van der Waals surface area contributed by atoms with Crippen LogP contribution in [0.25, 0.3) is 6.08 Å². The smallest absolute Gasteiger partial charge is 0.331 e. The van der Waals surface area contributed by atoms with Crippen LogP contribution in [0.15, 0.2) is 54.6 Å². The molecule has 6 heteroatoms. The van der Waals surface area contributed by atoms with E-state index in [4.69, 9.17) is 9.47 Å². The normalized spacial score (nSPS) is 12.3. The molecule has 0 aliphatic heterocycles. The molecule has 30 heavy (non-hydrogen) atoms. The maximum Gasteiger partial charge on any atom is 0.331 e. The molecule has 1 N–H and O–H groups in total. The predicted octanol–water partition coefficient (Wildman–Crippen LogP) is 4.51. The number of rotatable bonds is 7. The summed E-state index contributed by atoms with van der Waals surface area (Å²) >= 11 is 0. The van der Waals surface area contributed by atoms with Gasteiger partial charge in [0.05, 0.1) is 7.11 Å². The van der Waals surface area contributed by atoms with Crippen molar-refractivity contribution in [3.63, 3.8) is 0 Å². The molecule has 0 fully saturated rings. The number of hydrogen-bond acceptors (Lipinski definition) is 5. The molecule has 1 atom stereocenters. The highest BCUT2D eigenvalue weighted by Gasteiger charge is 2.22. The van der Waals surface area contributed by atoms with Gasteiger partial charge in [-0.1, -0.05) is 32.9 Å². The molecule has 0 radical (unpaired) electrons. The van der Waals surface area contributed by atoms with Crippen LogP contribution < -0.4 is 10.1 Å². The number of nitrogens with one attached hydrogen (secondary N) is 1. The summed E-state index contributed by atoms with van der Waals surface area (Å²) in [6, 6.07) is 13.7. The van der Waals surface area contributed by atoms with Crippen molar-refractivity contribution in [2.24, 2.45) is 5.41 Å². The van der Waals surface area contributed by atoms with Crippen LogP contribution in [0.2, 0.25) is 0 Å². The first kappa shape index (κ1) is 22.9. The zero-order chi connectivity index (χ0) is 22.3. The van der Waals surface area contributed by atoms with E-state index in [0.29, 0.717) is 11.3 Å². The molecule has 0 aliphatic carbocycles. The number of anilines is 1. The van der Waals surface area contributed by atoms with Crippen LogP contribution in [-0.4, -0.2) is 30.9 Å². The zero-order valence-corrected chi connectivity index (χ0v) is 17.9. The second-order valence-corrected chi connectivity index (χ2v) is 7.83. The lowest BCUT2D eigenvalue weighted by atomic mass is 9.95. The predicted molar refractivity (Wildman–Crippen MR) is 116 cm³/mol. The maximum absolute atomic E-state index is 12.5. The first-order valence-electron chi connectivity index (χ1n) is 9.58. The van der Waals surface area contributed by atoms with Crippen LogP contribution in [0.5, 0.6) is 5.75 Å². The Bertz CT molecular complexity index is 922. The van der Waals surface area contributed by atoms with E-state index in [1.807, 2.05) is 20.8 Å². The third-order valence-corrected chi connectivity index (χ3v) is 4.30. The quantitative estimate of drug-likeness (QED) is 0.413. The van der Waals surface area contributed by atoms with Crippen molar-refractivity contribution >= 4 is 29.4 Å². The summed E-state index contributed by atoms with van der Waals surface area (Å²) in [4.78, 5) is 36.6. The van der Waals surface area contributed by atoms with Crippen molar-refractivity contribution in [3.05, 3.63) is 65.7 Å². The number of amides is 1. The number of methoxy groups -OCH3 is 1. The number of benzene rings is 2. The molecule has 2 aromatic carbocycles. The van der Waals surface area contributed by atoms with Gasteiger partial charge in [-0.2, -0.15) is 0 Å². The Morgan fingerprint density at radius 2 is 1.57 bits per heavy atom. The molecule has 0 aliphatic rings. The van der Waals surface area contributed by atoms with Gasteiger partial charge in [-0.05, 0) is 55.0 Å². The fraction of sp³-hybridized carbons (Fsp3) is 0.292. The fourth-order valence-corrected chi connectivity index (χ4v) is 2.42. The highest BCUT2D eigenvalue weighted by atomic mass is 16.5. The van der Waals surface area contributed by atoms with Crippen LogP contribution in [0, 0.1) is 5.41 Å². The number of hydrogen-bond donors (Lipinski definition) is 1. The standard InChI is InChI=1S/C24H27NO5/c1-16(30-21(26)15-8-17-6-13-20(29-5)14-7-17)22(27)18-9-11-19(12-10-18)25-23(28)24(2,3)4/h6-16H,1-5H3,(H,25,28)/b15-8+/t16-/m0/s1. The van der Waals surface area contributed by atoms with E-state index in [2.05, 4.69) is 5.32 Å². The second kappa shape index (κ2) is 9.87. The summed E-state index contributed by atoms with van der Waals surface area (Å²) < 4.78 is 10.3. The molecule has 2 rings (SSSR count). The molecule has 0 saturated carbocycles. The van der Waals surface area contributed by atoms with Gasteiger partial charge in [0.2, 0.25) is 11.7 Å². The van der Waals surface area contributed by atoms with Crippen molar-refractivity contribution < 1.29 is 23.9 Å². The largest absolute Gasteiger partial charge is 0.497 e. The van der Waals surface area contributed by atoms with Gasteiger partial charge in [0, 0.05) is 22.7 Å². The first-order chi connectivity index (χ1) is 14.1. The summed E-state index contributed by atoms with van der Waals surface area (Å²) in [5.74, 6) is -0.332. The molecule has 1 amide bonds. The van der Waals surface area contributed by atoms with Gasteiger partial charge in [-0.25, -0.2) is 4.79 Å². The Labute approximate surface area is 176 Å².